The molecule has 0 aliphatic rings. The summed E-state index contributed by atoms with van der Waals surface area (Å²) in [6.45, 7) is 7.04. The minimum absolute atomic E-state index is 0.129. The van der Waals surface area contributed by atoms with Crippen LogP contribution in [0.15, 0.2) is 42.5 Å². The van der Waals surface area contributed by atoms with Crippen molar-refractivity contribution in [1.82, 2.24) is 20.2 Å². The van der Waals surface area contributed by atoms with Crippen LogP contribution in [0.4, 0.5) is 0 Å². The predicted octanol–water partition coefficient (Wildman–Crippen LogP) is 3.33. The van der Waals surface area contributed by atoms with Gasteiger partial charge in [-0.3, -0.25) is 4.79 Å². The molecule has 0 bridgehead atoms. The normalized spacial score (nSPS) is 11.4. The zero-order valence-corrected chi connectivity index (χ0v) is 16.8. The Morgan fingerprint density at radius 3 is 2.28 bits per heavy atom. The Hall–Kier alpha value is -3.61. The van der Waals surface area contributed by atoms with E-state index in [-0.39, 0.29) is 18.1 Å². The third-order valence-corrected chi connectivity index (χ3v) is 4.46. The van der Waals surface area contributed by atoms with Crippen molar-refractivity contribution in [2.45, 2.75) is 27.7 Å². The molecular weight excluding hydrogens is 368 g/mol. The van der Waals surface area contributed by atoms with Crippen LogP contribution in [0.1, 0.15) is 38.4 Å². The van der Waals surface area contributed by atoms with Gasteiger partial charge in [0.2, 0.25) is 5.78 Å². The van der Waals surface area contributed by atoms with Gasteiger partial charge < -0.3 is 4.74 Å². The van der Waals surface area contributed by atoms with Crippen molar-refractivity contribution in [3.8, 4) is 0 Å². The lowest BCUT2D eigenvalue weighted by molar-refractivity contribution is -0.136. The van der Waals surface area contributed by atoms with Gasteiger partial charge in [0, 0.05) is 5.56 Å². The number of aryl methyl sites for hydroxylation is 4. The van der Waals surface area contributed by atoms with Gasteiger partial charge in [-0.15, -0.1) is 5.10 Å². The van der Waals surface area contributed by atoms with E-state index in [1.807, 2.05) is 63.2 Å². The molecule has 2 aromatic carbocycles. The number of tetrazole rings is 1. The summed E-state index contributed by atoms with van der Waals surface area (Å²) in [6.07, 6.45) is 1.62. The van der Waals surface area contributed by atoms with Gasteiger partial charge in [0.1, 0.15) is 0 Å². The molecule has 7 heteroatoms. The van der Waals surface area contributed by atoms with Crippen molar-refractivity contribution in [3.63, 3.8) is 0 Å². The van der Waals surface area contributed by atoms with E-state index in [4.69, 9.17) is 4.74 Å². The summed E-state index contributed by atoms with van der Waals surface area (Å²) < 4.78 is 6.63. The van der Waals surface area contributed by atoms with Gasteiger partial charge in [0.15, 0.2) is 18.1 Å². The SMILES string of the molecule is Cc1cc(C)c(C(=O)COC(=O)/C(=C/c2ccccc2)n2nnnc2C)c(C)c1. The lowest BCUT2D eigenvalue weighted by Crippen LogP contribution is -2.20. The number of hydrogen-bond acceptors (Lipinski definition) is 6. The molecule has 3 rings (SSSR count). The molecule has 0 saturated heterocycles. The minimum Gasteiger partial charge on any atom is -0.453 e. The molecule has 1 heterocycles. The van der Waals surface area contributed by atoms with E-state index in [9.17, 15) is 9.59 Å². The van der Waals surface area contributed by atoms with Crippen molar-refractivity contribution < 1.29 is 14.3 Å². The van der Waals surface area contributed by atoms with E-state index in [0.29, 0.717) is 11.4 Å². The second kappa shape index (κ2) is 8.60. The second-order valence-electron chi connectivity index (χ2n) is 6.85. The largest absolute Gasteiger partial charge is 0.453 e. The highest BCUT2D eigenvalue weighted by Gasteiger charge is 2.20. The molecule has 1 aromatic heterocycles. The zero-order chi connectivity index (χ0) is 21.0. The number of ketones is 1. The summed E-state index contributed by atoms with van der Waals surface area (Å²) in [5.41, 5.74) is 4.29. The van der Waals surface area contributed by atoms with Crippen molar-refractivity contribution >= 4 is 23.5 Å². The maximum absolute atomic E-state index is 12.8. The summed E-state index contributed by atoms with van der Waals surface area (Å²) in [7, 11) is 0. The number of rotatable bonds is 6. The molecule has 7 nitrogen and oxygen atoms in total. The average Bonchev–Trinajstić information content (AvgIpc) is 3.10. The monoisotopic (exact) mass is 390 g/mol. The third-order valence-electron chi connectivity index (χ3n) is 4.46. The highest BCUT2D eigenvalue weighted by Crippen LogP contribution is 2.18. The van der Waals surface area contributed by atoms with Crippen LogP contribution >= 0.6 is 0 Å². The van der Waals surface area contributed by atoms with Gasteiger partial charge in [0.05, 0.1) is 0 Å². The first-order valence-corrected chi connectivity index (χ1v) is 9.17. The summed E-state index contributed by atoms with van der Waals surface area (Å²) >= 11 is 0. The lowest BCUT2D eigenvalue weighted by atomic mass is 9.97. The fourth-order valence-electron chi connectivity index (χ4n) is 3.27. The number of ether oxygens (including phenoxy) is 1. The highest BCUT2D eigenvalue weighted by atomic mass is 16.5. The Labute approximate surface area is 169 Å². The third kappa shape index (κ3) is 4.63. The van der Waals surface area contributed by atoms with E-state index in [2.05, 4.69) is 15.5 Å². The van der Waals surface area contributed by atoms with E-state index in [1.54, 1.807) is 13.0 Å². The molecule has 0 amide bonds. The maximum atomic E-state index is 12.8. The Morgan fingerprint density at radius 1 is 1.03 bits per heavy atom. The van der Waals surface area contributed by atoms with Gasteiger partial charge in [-0.05, 0) is 60.9 Å². The van der Waals surface area contributed by atoms with Crippen molar-refractivity contribution in [2.75, 3.05) is 6.61 Å². The molecule has 0 radical (unpaired) electrons. The molecule has 0 aliphatic heterocycles. The van der Waals surface area contributed by atoms with Gasteiger partial charge >= 0.3 is 5.97 Å². The molecule has 0 aliphatic carbocycles. The first-order chi connectivity index (χ1) is 13.9. The molecule has 0 fully saturated rings. The molecule has 0 unspecified atom stereocenters. The van der Waals surface area contributed by atoms with Gasteiger partial charge in [-0.25, -0.2) is 4.79 Å². The number of nitrogens with zero attached hydrogens (tertiary/aromatic N) is 4. The fourth-order valence-corrected chi connectivity index (χ4v) is 3.27. The van der Waals surface area contributed by atoms with Crippen molar-refractivity contribution in [3.05, 3.63) is 76.1 Å². The summed E-state index contributed by atoms with van der Waals surface area (Å²) in [6, 6.07) is 13.2. The van der Waals surface area contributed by atoms with Gasteiger partial charge in [-0.2, -0.15) is 4.68 Å². The van der Waals surface area contributed by atoms with Crippen LogP contribution in [0.25, 0.3) is 11.8 Å². The number of carbonyl (C=O) groups is 2. The Morgan fingerprint density at radius 2 is 1.69 bits per heavy atom. The molecule has 0 saturated carbocycles. The molecule has 29 heavy (non-hydrogen) atoms. The number of Topliss-reactive ketones (excluding diaryl/α,β-unsaturated/α-hetero) is 1. The van der Waals surface area contributed by atoms with Crippen LogP contribution in [0, 0.1) is 27.7 Å². The van der Waals surface area contributed by atoms with Gasteiger partial charge in [-0.1, -0.05) is 48.0 Å². The number of aromatic nitrogens is 4. The fraction of sp³-hybridized carbons (Fsp3) is 0.227. The van der Waals surface area contributed by atoms with Crippen LogP contribution in [-0.4, -0.2) is 38.6 Å². The topological polar surface area (TPSA) is 87.0 Å². The number of hydrogen-bond donors (Lipinski definition) is 0. The number of carbonyl (C=O) groups excluding carboxylic acids is 2. The quantitative estimate of drug-likeness (QED) is 0.364. The molecule has 0 N–H and O–H groups in total. The molecule has 148 valence electrons. The smallest absolute Gasteiger partial charge is 0.357 e. The number of benzene rings is 2. The van der Waals surface area contributed by atoms with E-state index >= 15 is 0 Å². The van der Waals surface area contributed by atoms with Crippen molar-refractivity contribution in [2.24, 2.45) is 0 Å². The first kappa shape index (κ1) is 20.1. The highest BCUT2D eigenvalue weighted by molar-refractivity contribution is 6.16. The molecule has 3 aromatic rings. The Bertz CT molecular complexity index is 1060. The lowest BCUT2D eigenvalue weighted by Gasteiger charge is -2.12. The minimum atomic E-state index is -0.681. The number of esters is 1. The summed E-state index contributed by atoms with van der Waals surface area (Å²) in [5.74, 6) is -0.499. The summed E-state index contributed by atoms with van der Waals surface area (Å²) in [4.78, 5) is 25.5. The van der Waals surface area contributed by atoms with Crippen LogP contribution in [0.2, 0.25) is 0 Å². The van der Waals surface area contributed by atoms with Crippen molar-refractivity contribution in [1.29, 1.82) is 0 Å². The standard InChI is InChI=1S/C22H22N4O3/c1-14-10-15(2)21(16(3)11-14)20(27)13-29-22(28)19(26-17(4)23-24-25-26)12-18-8-6-5-7-9-18/h5-12H,13H2,1-4H3/b19-12-. The van der Waals surface area contributed by atoms with Gasteiger partial charge in [0.25, 0.3) is 0 Å². The Kier molecular flexibility index (Phi) is 5.97. The summed E-state index contributed by atoms with van der Waals surface area (Å²) in [5, 5.41) is 11.3. The van der Waals surface area contributed by atoms with Crippen LogP contribution < -0.4 is 0 Å². The van der Waals surface area contributed by atoms with E-state index < -0.39 is 5.97 Å². The molecule has 0 spiro atoms. The van der Waals surface area contributed by atoms with E-state index in [1.165, 1.54) is 4.68 Å². The molecular formula is C22H22N4O3. The van der Waals surface area contributed by atoms with E-state index in [0.717, 1.165) is 22.3 Å². The maximum Gasteiger partial charge on any atom is 0.357 e. The zero-order valence-electron chi connectivity index (χ0n) is 16.8. The van der Waals surface area contributed by atoms with Crippen LogP contribution in [0.3, 0.4) is 0 Å². The average molecular weight is 390 g/mol. The Balaban J connectivity index is 1.84. The first-order valence-electron chi connectivity index (χ1n) is 9.17. The molecule has 0 atom stereocenters. The second-order valence-corrected chi connectivity index (χ2v) is 6.85. The predicted molar refractivity (Wildman–Crippen MR) is 109 cm³/mol. The van der Waals surface area contributed by atoms with Crippen LogP contribution in [-0.2, 0) is 9.53 Å². The van der Waals surface area contributed by atoms with Crippen LogP contribution in [0.5, 0.6) is 0 Å².